The minimum atomic E-state index is -0.0962. The molecule has 0 spiro atoms. The van der Waals surface area contributed by atoms with Gasteiger partial charge in [-0.05, 0) is 75.1 Å². The third-order valence-corrected chi connectivity index (χ3v) is 6.52. The molecule has 5 rings (SSSR count). The van der Waals surface area contributed by atoms with Crippen LogP contribution in [-0.2, 0) is 24.2 Å². The lowest BCUT2D eigenvalue weighted by atomic mass is 10.1. The van der Waals surface area contributed by atoms with E-state index in [4.69, 9.17) is 4.74 Å². The molecule has 6 nitrogen and oxygen atoms in total. The zero-order chi connectivity index (χ0) is 22.8. The van der Waals surface area contributed by atoms with Crippen molar-refractivity contribution in [2.75, 3.05) is 18.4 Å². The number of imidazole rings is 1. The number of carbonyl (C=O) groups excluding carboxylic acids is 1. The lowest BCUT2D eigenvalue weighted by molar-refractivity contribution is -0.0704. The summed E-state index contributed by atoms with van der Waals surface area (Å²) in [6, 6.07) is 15.9. The molecule has 0 saturated carbocycles. The molecule has 0 radical (unpaired) electrons. The number of hydrogen-bond acceptors (Lipinski definition) is 4. The van der Waals surface area contributed by atoms with Crippen LogP contribution in [0.4, 0.5) is 5.69 Å². The lowest BCUT2D eigenvalue weighted by Crippen LogP contribution is -2.44. The molecular weight excluding hydrogens is 412 g/mol. The Bertz CT molecular complexity index is 1090. The quantitative estimate of drug-likeness (QED) is 0.617. The van der Waals surface area contributed by atoms with Gasteiger partial charge in [0.2, 0.25) is 0 Å². The van der Waals surface area contributed by atoms with Crippen LogP contribution in [0.2, 0.25) is 0 Å². The molecule has 1 saturated heterocycles. The molecule has 172 valence electrons. The van der Waals surface area contributed by atoms with E-state index in [0.29, 0.717) is 5.56 Å². The number of benzene rings is 2. The van der Waals surface area contributed by atoms with Crippen molar-refractivity contribution in [2.45, 2.75) is 58.4 Å². The first kappa shape index (κ1) is 21.9. The SMILES string of the molecule is CC1CN(Cc2ccc(C(=O)Nc3ccc(-c4ncc5n4CCCC5)cc3)cc2)CC(C)O1. The van der Waals surface area contributed by atoms with Gasteiger partial charge in [0, 0.05) is 54.9 Å². The molecule has 1 fully saturated rings. The van der Waals surface area contributed by atoms with Gasteiger partial charge in [-0.2, -0.15) is 0 Å². The molecule has 1 aromatic heterocycles. The molecule has 2 aliphatic rings. The average molecular weight is 445 g/mol. The van der Waals surface area contributed by atoms with Crippen molar-refractivity contribution in [3.63, 3.8) is 0 Å². The van der Waals surface area contributed by atoms with E-state index in [-0.39, 0.29) is 18.1 Å². The van der Waals surface area contributed by atoms with Crippen LogP contribution in [0, 0.1) is 0 Å². The van der Waals surface area contributed by atoms with Crippen molar-refractivity contribution >= 4 is 11.6 Å². The van der Waals surface area contributed by atoms with E-state index in [1.54, 1.807) is 0 Å². The number of nitrogens with one attached hydrogen (secondary N) is 1. The van der Waals surface area contributed by atoms with Crippen LogP contribution in [0.1, 0.15) is 48.3 Å². The van der Waals surface area contributed by atoms with Gasteiger partial charge in [0.1, 0.15) is 5.82 Å². The molecule has 1 amide bonds. The highest BCUT2D eigenvalue weighted by Crippen LogP contribution is 2.26. The van der Waals surface area contributed by atoms with Gasteiger partial charge in [0.15, 0.2) is 0 Å². The maximum atomic E-state index is 12.8. The van der Waals surface area contributed by atoms with E-state index in [1.807, 2.05) is 54.7 Å². The summed E-state index contributed by atoms with van der Waals surface area (Å²) >= 11 is 0. The van der Waals surface area contributed by atoms with Crippen LogP contribution in [0.3, 0.4) is 0 Å². The number of anilines is 1. The standard InChI is InChI=1S/C27H32N4O2/c1-19-16-30(17-20(2)33-19)18-21-6-8-23(9-7-21)27(32)29-24-12-10-22(11-13-24)26-28-15-25-5-3-4-14-31(25)26/h6-13,15,19-20H,3-5,14,16-18H2,1-2H3,(H,29,32). The number of carbonyl (C=O) groups is 1. The van der Waals surface area contributed by atoms with E-state index >= 15 is 0 Å². The molecule has 1 N–H and O–H groups in total. The molecule has 2 unspecified atom stereocenters. The summed E-state index contributed by atoms with van der Waals surface area (Å²) in [4.78, 5) is 19.8. The summed E-state index contributed by atoms with van der Waals surface area (Å²) in [5.41, 5.74) is 5.05. The zero-order valence-corrected chi connectivity index (χ0v) is 19.5. The molecule has 0 bridgehead atoms. The van der Waals surface area contributed by atoms with Gasteiger partial charge < -0.3 is 14.6 Å². The third-order valence-electron chi connectivity index (χ3n) is 6.52. The first-order valence-electron chi connectivity index (χ1n) is 12.0. The van der Waals surface area contributed by atoms with Gasteiger partial charge in [-0.25, -0.2) is 4.98 Å². The van der Waals surface area contributed by atoms with Crippen molar-refractivity contribution in [2.24, 2.45) is 0 Å². The van der Waals surface area contributed by atoms with Crippen LogP contribution in [0.25, 0.3) is 11.4 Å². The number of amides is 1. The van der Waals surface area contributed by atoms with E-state index in [2.05, 4.69) is 33.6 Å². The maximum absolute atomic E-state index is 12.8. The predicted molar refractivity (Wildman–Crippen MR) is 130 cm³/mol. The summed E-state index contributed by atoms with van der Waals surface area (Å²) in [5.74, 6) is 0.920. The number of morpholine rings is 1. The van der Waals surface area contributed by atoms with Crippen molar-refractivity contribution in [1.29, 1.82) is 0 Å². The minimum Gasteiger partial charge on any atom is -0.373 e. The Labute approximate surface area is 195 Å². The number of hydrogen-bond donors (Lipinski definition) is 1. The van der Waals surface area contributed by atoms with Gasteiger partial charge in [0.05, 0.1) is 12.2 Å². The van der Waals surface area contributed by atoms with Crippen molar-refractivity contribution < 1.29 is 9.53 Å². The first-order valence-corrected chi connectivity index (χ1v) is 12.0. The van der Waals surface area contributed by atoms with Crippen LogP contribution in [0.15, 0.2) is 54.7 Å². The number of aromatic nitrogens is 2. The maximum Gasteiger partial charge on any atom is 0.255 e. The largest absolute Gasteiger partial charge is 0.373 e. The van der Waals surface area contributed by atoms with Gasteiger partial charge in [0.25, 0.3) is 5.91 Å². The molecule has 33 heavy (non-hydrogen) atoms. The van der Waals surface area contributed by atoms with Crippen molar-refractivity contribution in [3.8, 4) is 11.4 Å². The van der Waals surface area contributed by atoms with E-state index < -0.39 is 0 Å². The smallest absolute Gasteiger partial charge is 0.255 e. The Kier molecular flexibility index (Phi) is 6.29. The van der Waals surface area contributed by atoms with E-state index in [1.165, 1.54) is 24.1 Å². The molecule has 0 aliphatic carbocycles. The Morgan fingerprint density at radius 3 is 2.48 bits per heavy atom. The van der Waals surface area contributed by atoms with Crippen molar-refractivity contribution in [3.05, 3.63) is 71.5 Å². The molecule has 6 heteroatoms. The topological polar surface area (TPSA) is 59.4 Å². The van der Waals surface area contributed by atoms with Crippen LogP contribution in [0.5, 0.6) is 0 Å². The normalized spacial score (nSPS) is 20.9. The second-order valence-corrected chi connectivity index (χ2v) is 9.36. The van der Waals surface area contributed by atoms with Crippen LogP contribution in [-0.4, -0.2) is 45.7 Å². The summed E-state index contributed by atoms with van der Waals surface area (Å²) in [6.07, 6.45) is 6.04. The number of fused-ring (bicyclic) bond motifs is 1. The molecule has 3 heterocycles. The summed E-state index contributed by atoms with van der Waals surface area (Å²) < 4.78 is 8.13. The second kappa shape index (κ2) is 9.49. The van der Waals surface area contributed by atoms with Gasteiger partial charge >= 0.3 is 0 Å². The fourth-order valence-corrected chi connectivity index (χ4v) is 5.01. The Morgan fingerprint density at radius 1 is 1.03 bits per heavy atom. The van der Waals surface area contributed by atoms with Gasteiger partial charge in [-0.15, -0.1) is 0 Å². The van der Waals surface area contributed by atoms with Gasteiger partial charge in [-0.1, -0.05) is 12.1 Å². The second-order valence-electron chi connectivity index (χ2n) is 9.36. The van der Waals surface area contributed by atoms with Gasteiger partial charge in [-0.3, -0.25) is 9.69 Å². The molecule has 2 aliphatic heterocycles. The zero-order valence-electron chi connectivity index (χ0n) is 19.5. The molecule has 2 atom stereocenters. The highest BCUT2D eigenvalue weighted by Gasteiger charge is 2.22. The fraction of sp³-hybridized carbons (Fsp3) is 0.407. The van der Waals surface area contributed by atoms with E-state index in [9.17, 15) is 4.79 Å². The Hall–Kier alpha value is -2.96. The average Bonchev–Trinajstić information content (AvgIpc) is 3.24. The molecule has 2 aromatic carbocycles. The number of nitrogens with zero attached hydrogens (tertiary/aromatic N) is 3. The van der Waals surface area contributed by atoms with Crippen LogP contribution < -0.4 is 5.32 Å². The Balaban J connectivity index is 1.20. The molecule has 3 aromatic rings. The number of rotatable bonds is 5. The monoisotopic (exact) mass is 444 g/mol. The fourth-order valence-electron chi connectivity index (χ4n) is 5.01. The Morgan fingerprint density at radius 2 is 1.76 bits per heavy atom. The van der Waals surface area contributed by atoms with E-state index in [0.717, 1.165) is 49.7 Å². The minimum absolute atomic E-state index is 0.0962. The number of ether oxygens (including phenoxy) is 1. The highest BCUT2D eigenvalue weighted by atomic mass is 16.5. The highest BCUT2D eigenvalue weighted by molar-refractivity contribution is 6.04. The van der Waals surface area contributed by atoms with Crippen molar-refractivity contribution in [1.82, 2.24) is 14.5 Å². The number of aryl methyl sites for hydroxylation is 1. The molecular formula is C27H32N4O2. The summed E-state index contributed by atoms with van der Waals surface area (Å²) in [5, 5.41) is 3.01. The summed E-state index contributed by atoms with van der Waals surface area (Å²) in [6.45, 7) is 8.01. The third kappa shape index (κ3) is 5.02. The first-order chi connectivity index (χ1) is 16.0. The van der Waals surface area contributed by atoms with Crippen LogP contribution >= 0.6 is 0 Å². The summed E-state index contributed by atoms with van der Waals surface area (Å²) in [7, 11) is 0. The predicted octanol–water partition coefficient (Wildman–Crippen LogP) is 4.75. The lowest BCUT2D eigenvalue weighted by Gasteiger charge is -2.35.